The van der Waals surface area contributed by atoms with E-state index in [1.54, 1.807) is 0 Å². The third kappa shape index (κ3) is 23.5. The lowest BCUT2D eigenvalue weighted by Gasteiger charge is -2.09. The summed E-state index contributed by atoms with van der Waals surface area (Å²) in [6, 6.07) is 0. The van der Waals surface area contributed by atoms with E-state index in [2.05, 4.69) is 41.2 Å². The molecule has 0 N–H and O–H groups in total. The molecule has 2 unspecified atom stereocenters. The zero-order valence-electron chi connectivity index (χ0n) is 13.0. The van der Waals surface area contributed by atoms with Crippen LogP contribution in [0.2, 0.25) is 0 Å². The van der Waals surface area contributed by atoms with Crippen molar-refractivity contribution in [3.05, 3.63) is 12.7 Å². The first-order chi connectivity index (χ1) is 7.62. The molecule has 0 nitrogen and oxygen atoms in total. The lowest BCUT2D eigenvalue weighted by molar-refractivity contribution is 0.460. The highest BCUT2D eigenvalue weighted by Gasteiger charge is 2.00. The molecule has 0 aliphatic rings. The van der Waals surface area contributed by atoms with Crippen LogP contribution in [-0.2, 0) is 0 Å². The van der Waals surface area contributed by atoms with Crippen LogP contribution in [0.15, 0.2) is 12.7 Å². The lowest BCUT2D eigenvalue weighted by Crippen LogP contribution is -1.96. The molecule has 0 aromatic heterocycles. The first-order valence-electron chi connectivity index (χ1n) is 7.24. The Morgan fingerprint density at radius 1 is 0.938 bits per heavy atom. The molecule has 0 amide bonds. The molecule has 0 radical (unpaired) electrons. The molecule has 0 spiro atoms. The second-order valence-corrected chi connectivity index (χ2v) is 4.30. The molecule has 2 atom stereocenters. The van der Waals surface area contributed by atoms with Crippen LogP contribution in [0.5, 0.6) is 0 Å². The molecule has 16 heavy (non-hydrogen) atoms. The number of hydrogen-bond acceptors (Lipinski definition) is 0. The number of rotatable bonds is 6. The van der Waals surface area contributed by atoms with Gasteiger partial charge in [0.15, 0.2) is 0 Å². The van der Waals surface area contributed by atoms with E-state index in [1.807, 2.05) is 19.9 Å². The van der Waals surface area contributed by atoms with Crippen molar-refractivity contribution >= 4 is 0 Å². The van der Waals surface area contributed by atoms with Crippen LogP contribution >= 0.6 is 0 Å². The van der Waals surface area contributed by atoms with E-state index >= 15 is 0 Å². The van der Waals surface area contributed by atoms with Gasteiger partial charge in [0, 0.05) is 0 Å². The minimum atomic E-state index is 0.703. The summed E-state index contributed by atoms with van der Waals surface area (Å²) in [6.07, 6.45) is 8.65. The summed E-state index contributed by atoms with van der Waals surface area (Å²) in [7, 11) is 0. The maximum atomic E-state index is 3.76. The van der Waals surface area contributed by atoms with Gasteiger partial charge in [-0.1, -0.05) is 80.2 Å². The Morgan fingerprint density at radius 2 is 1.38 bits per heavy atom. The Morgan fingerprint density at radius 3 is 1.62 bits per heavy atom. The summed E-state index contributed by atoms with van der Waals surface area (Å²) in [5.74, 6) is 1.59. The van der Waals surface area contributed by atoms with Gasteiger partial charge < -0.3 is 0 Å². The van der Waals surface area contributed by atoms with Crippen LogP contribution in [0.1, 0.15) is 80.6 Å². The van der Waals surface area contributed by atoms with Crippen LogP contribution in [0.25, 0.3) is 0 Å². The summed E-state index contributed by atoms with van der Waals surface area (Å²) in [4.78, 5) is 0. The lowest BCUT2D eigenvalue weighted by atomic mass is 9.97. The van der Waals surface area contributed by atoms with E-state index in [4.69, 9.17) is 0 Å². The highest BCUT2D eigenvalue weighted by molar-refractivity contribution is 4.74. The van der Waals surface area contributed by atoms with Crippen molar-refractivity contribution in [3.8, 4) is 0 Å². The molecule has 0 aliphatic heterocycles. The summed E-state index contributed by atoms with van der Waals surface area (Å²) in [5, 5.41) is 0. The third-order valence-corrected chi connectivity index (χ3v) is 2.71. The second kappa shape index (κ2) is 20.2. The fourth-order valence-corrected chi connectivity index (χ4v) is 0.869. The van der Waals surface area contributed by atoms with Crippen molar-refractivity contribution in [2.45, 2.75) is 80.6 Å². The van der Waals surface area contributed by atoms with Crippen molar-refractivity contribution in [2.24, 2.45) is 11.8 Å². The summed E-state index contributed by atoms with van der Waals surface area (Å²) < 4.78 is 0. The van der Waals surface area contributed by atoms with Crippen molar-refractivity contribution < 1.29 is 0 Å². The smallest absolute Gasteiger partial charge is 0.0265 e. The molecule has 100 valence electrons. The largest absolute Gasteiger partial charge is 0.103 e. The van der Waals surface area contributed by atoms with Gasteiger partial charge in [0.1, 0.15) is 0 Å². The van der Waals surface area contributed by atoms with E-state index < -0.39 is 0 Å². The maximum absolute atomic E-state index is 3.76. The maximum Gasteiger partial charge on any atom is -0.0265 e. The van der Waals surface area contributed by atoms with Gasteiger partial charge in [0.05, 0.1) is 0 Å². The number of hydrogen-bond donors (Lipinski definition) is 0. The van der Waals surface area contributed by atoms with E-state index in [9.17, 15) is 0 Å². The average molecular weight is 228 g/mol. The van der Waals surface area contributed by atoms with Crippen LogP contribution in [0.4, 0.5) is 0 Å². The molecule has 0 rings (SSSR count). The SMILES string of the molecule is C=CC(C)CCC(C)CC.CC.CCCC. The van der Waals surface area contributed by atoms with Crippen LogP contribution in [-0.4, -0.2) is 0 Å². The number of unbranched alkanes of at least 4 members (excludes halogenated alkanes) is 1. The predicted octanol–water partition coefficient (Wildman–Crippen LogP) is 6.47. The minimum absolute atomic E-state index is 0.703. The van der Waals surface area contributed by atoms with E-state index in [0.717, 1.165) is 5.92 Å². The summed E-state index contributed by atoms with van der Waals surface area (Å²) in [5.41, 5.74) is 0. The Kier molecular flexibility index (Phi) is 26.6. The molecule has 0 bridgehead atoms. The van der Waals surface area contributed by atoms with Crippen molar-refractivity contribution in [3.63, 3.8) is 0 Å². The van der Waals surface area contributed by atoms with E-state index in [1.165, 1.54) is 32.1 Å². The van der Waals surface area contributed by atoms with Crippen molar-refractivity contribution in [2.75, 3.05) is 0 Å². The monoisotopic (exact) mass is 228 g/mol. The Hall–Kier alpha value is -0.260. The van der Waals surface area contributed by atoms with Crippen LogP contribution in [0.3, 0.4) is 0 Å². The highest BCUT2D eigenvalue weighted by Crippen LogP contribution is 2.14. The second-order valence-electron chi connectivity index (χ2n) is 4.30. The van der Waals surface area contributed by atoms with Gasteiger partial charge in [-0.05, 0) is 18.3 Å². The Balaban J connectivity index is -0.000000237. The predicted molar refractivity (Wildman–Crippen MR) is 80.0 cm³/mol. The normalized spacial score (nSPS) is 12.4. The third-order valence-electron chi connectivity index (χ3n) is 2.71. The van der Waals surface area contributed by atoms with Gasteiger partial charge in [-0.2, -0.15) is 0 Å². The van der Waals surface area contributed by atoms with E-state index in [0.29, 0.717) is 5.92 Å². The molecule has 0 aromatic carbocycles. The van der Waals surface area contributed by atoms with Gasteiger partial charge in [-0.15, -0.1) is 6.58 Å². The van der Waals surface area contributed by atoms with Gasteiger partial charge in [0.2, 0.25) is 0 Å². The zero-order chi connectivity index (χ0) is 13.4. The van der Waals surface area contributed by atoms with Crippen LogP contribution in [0, 0.1) is 11.8 Å². The van der Waals surface area contributed by atoms with Gasteiger partial charge >= 0.3 is 0 Å². The molecular formula is C16H36. The standard InChI is InChI=1S/C10H20.C4H10.C2H6/c1-5-9(3)7-8-10(4)6-2;1-3-4-2;1-2/h5,9-10H,1,6-8H2,2-4H3;3-4H2,1-2H3;1-2H3. The summed E-state index contributed by atoms with van der Waals surface area (Å²) in [6.45, 7) is 18.9. The molecule has 0 aliphatic carbocycles. The molecule has 0 heterocycles. The number of allylic oxidation sites excluding steroid dienone is 1. The first kappa shape index (κ1) is 21.1. The first-order valence-corrected chi connectivity index (χ1v) is 7.24. The molecule has 0 fully saturated rings. The van der Waals surface area contributed by atoms with Gasteiger partial charge in [-0.3, -0.25) is 0 Å². The highest BCUT2D eigenvalue weighted by atomic mass is 14.1. The quantitative estimate of drug-likeness (QED) is 0.457. The Bertz CT molecular complexity index is 103. The van der Waals surface area contributed by atoms with E-state index in [-0.39, 0.29) is 0 Å². The fourth-order valence-electron chi connectivity index (χ4n) is 0.869. The zero-order valence-corrected chi connectivity index (χ0v) is 13.0. The average Bonchev–Trinajstić information content (AvgIpc) is 2.37. The minimum Gasteiger partial charge on any atom is -0.103 e. The topological polar surface area (TPSA) is 0 Å². The Labute approximate surface area is 106 Å². The fraction of sp³-hybridized carbons (Fsp3) is 0.875. The molecular weight excluding hydrogens is 192 g/mol. The van der Waals surface area contributed by atoms with Gasteiger partial charge in [0.25, 0.3) is 0 Å². The van der Waals surface area contributed by atoms with Crippen LogP contribution < -0.4 is 0 Å². The molecule has 0 heteroatoms. The molecule has 0 saturated heterocycles. The van der Waals surface area contributed by atoms with Gasteiger partial charge in [-0.25, -0.2) is 0 Å². The molecule has 0 aromatic rings. The van der Waals surface area contributed by atoms with Crippen molar-refractivity contribution in [1.82, 2.24) is 0 Å². The summed E-state index contributed by atoms with van der Waals surface area (Å²) >= 11 is 0. The molecule has 0 saturated carbocycles. The van der Waals surface area contributed by atoms with Crippen molar-refractivity contribution in [1.29, 1.82) is 0 Å².